The molecule has 35 heteroatoms. The lowest BCUT2D eigenvalue weighted by Crippen LogP contribution is -2.14. The summed E-state index contributed by atoms with van der Waals surface area (Å²) in [5.74, 6) is -2.52. The minimum atomic E-state index is -4.49. The van der Waals surface area contributed by atoms with E-state index in [1.165, 1.54) is 66.7 Å². The molecule has 0 atom stereocenters. The van der Waals surface area contributed by atoms with Crippen molar-refractivity contribution in [3.8, 4) is 23.1 Å². The van der Waals surface area contributed by atoms with Gasteiger partial charge in [-0.3, -0.25) is 9.59 Å². The molecule has 0 radical (unpaired) electrons. The molecule has 0 bridgehead atoms. The van der Waals surface area contributed by atoms with Gasteiger partial charge in [-0.1, -0.05) is 92.8 Å². The highest BCUT2D eigenvalue weighted by atomic mass is 35.5. The number of carboxylic acids is 1. The first-order valence-electron chi connectivity index (χ1n) is 20.2. The van der Waals surface area contributed by atoms with Crippen LogP contribution in [0.5, 0.6) is 11.5 Å². The lowest BCUT2D eigenvalue weighted by Gasteiger charge is -2.11. The average Bonchev–Trinajstić information content (AvgIpc) is 3.77. The van der Waals surface area contributed by atoms with Crippen molar-refractivity contribution in [2.24, 2.45) is 0 Å². The summed E-state index contributed by atoms with van der Waals surface area (Å²) < 4.78 is 115. The summed E-state index contributed by atoms with van der Waals surface area (Å²) >= 11 is 49.5. The number of alkyl halides is 9. The van der Waals surface area contributed by atoms with Crippen LogP contribution in [-0.4, -0.2) is 73.9 Å². The average molecular weight is 1360 g/mol. The Labute approximate surface area is 500 Å². The van der Waals surface area contributed by atoms with E-state index in [4.69, 9.17) is 125 Å². The fourth-order valence-electron chi connectivity index (χ4n) is 5.20. The highest BCUT2D eigenvalue weighted by Crippen LogP contribution is 2.42. The van der Waals surface area contributed by atoms with E-state index in [-0.39, 0.29) is 142 Å². The van der Waals surface area contributed by atoms with Gasteiger partial charge >= 0.3 is 22.5 Å². The van der Waals surface area contributed by atoms with Crippen LogP contribution in [0.1, 0.15) is 31.5 Å². The van der Waals surface area contributed by atoms with E-state index in [0.717, 1.165) is 36.4 Å². The number of thioether (sulfide) groups is 3. The summed E-state index contributed by atoms with van der Waals surface area (Å²) in [5, 5.41) is 29.7. The number of fused-ring (bicyclic) bond motifs is 1. The van der Waals surface area contributed by atoms with E-state index in [1.54, 1.807) is 0 Å². The van der Waals surface area contributed by atoms with E-state index >= 15 is 0 Å². The molecule has 0 saturated heterocycles. The molecule has 6 N–H and O–H groups in total. The summed E-state index contributed by atoms with van der Waals surface area (Å²) in [7, 11) is 0. The molecule has 0 saturated carbocycles. The zero-order valence-corrected chi connectivity index (χ0v) is 47.4. The number of hydrogen-bond acceptors (Lipinski definition) is 15. The van der Waals surface area contributed by atoms with Crippen molar-refractivity contribution in [3.05, 3.63) is 161 Å². The van der Waals surface area contributed by atoms with Gasteiger partial charge in [-0.2, -0.15) is 39.5 Å². The first kappa shape index (κ1) is 67.3. The lowest BCUT2D eigenvalue weighted by molar-refractivity contribution is -0.0337. The Morgan fingerprint density at radius 3 is 1.39 bits per heavy atom. The number of phenols is 2. The number of amides is 1. The van der Waals surface area contributed by atoms with Gasteiger partial charge in [-0.05, 0) is 150 Å². The summed E-state index contributed by atoms with van der Waals surface area (Å²) in [6.07, 6.45) is 0. The number of nitrogens with zero attached hydrogens (tertiary/aromatic N) is 5. The number of nitrogens with two attached hydrogens (primary N) is 1. The number of hydrogen-bond donors (Lipinski definition) is 5. The molecule has 3 aromatic carbocycles. The zero-order chi connectivity index (χ0) is 60.0. The molecule has 14 nitrogen and oxygen atoms in total. The number of carbonyl (C=O) groups excluding carboxylic acids is 2. The Balaban J connectivity index is 0.000000224. The Morgan fingerprint density at radius 2 is 0.925 bits per heavy atom. The minimum absolute atomic E-state index is 0.00668. The fraction of sp³-hybridized carbons (Fsp3) is 0.0667. The monoisotopic (exact) mass is 1350 g/mol. The molecule has 0 aliphatic rings. The van der Waals surface area contributed by atoms with Crippen molar-refractivity contribution in [1.29, 1.82) is 0 Å². The van der Waals surface area contributed by atoms with Gasteiger partial charge in [0.25, 0.3) is 11.1 Å². The molecule has 0 unspecified atom stereocenters. The molecular weight excluding hydrogens is 1340 g/mol. The van der Waals surface area contributed by atoms with Gasteiger partial charge in [-0.15, -0.1) is 0 Å². The Morgan fingerprint density at radius 1 is 0.512 bits per heavy atom. The second-order valence-corrected chi connectivity index (χ2v) is 21.0. The van der Waals surface area contributed by atoms with Crippen LogP contribution >= 0.6 is 140 Å². The predicted octanol–water partition coefficient (Wildman–Crippen LogP) is 18.2. The van der Waals surface area contributed by atoms with E-state index in [2.05, 4.69) is 30.2 Å². The summed E-state index contributed by atoms with van der Waals surface area (Å²) in [5.41, 5.74) is -7.85. The highest BCUT2D eigenvalue weighted by molar-refractivity contribution is 8.00. The van der Waals surface area contributed by atoms with Gasteiger partial charge in [0.1, 0.15) is 54.7 Å². The number of rotatable bonds is 8. The third-order valence-corrected chi connectivity index (χ3v) is 12.7. The number of pyridine rings is 4. The van der Waals surface area contributed by atoms with Crippen molar-refractivity contribution in [2.45, 2.75) is 31.2 Å². The molecule has 424 valence electrons. The largest absolute Gasteiger partial charge is 0.506 e. The van der Waals surface area contributed by atoms with Crippen LogP contribution in [-0.2, 0) is 0 Å². The number of anilines is 2. The van der Waals surface area contributed by atoms with Gasteiger partial charge in [0.2, 0.25) is 5.89 Å². The molecule has 0 aliphatic heterocycles. The van der Waals surface area contributed by atoms with E-state index in [1.807, 2.05) is 0 Å². The maximum absolute atomic E-state index is 12.4. The number of phenolic OH excluding ortho intramolecular Hbond substituents is 2. The van der Waals surface area contributed by atoms with Crippen LogP contribution in [0.3, 0.4) is 0 Å². The van der Waals surface area contributed by atoms with Crippen LogP contribution < -0.4 is 11.1 Å². The molecule has 1 amide bonds. The molecule has 8 aromatic rings. The van der Waals surface area contributed by atoms with Crippen LogP contribution in [0.2, 0.25) is 40.7 Å². The molecule has 5 aromatic heterocycles. The summed E-state index contributed by atoms with van der Waals surface area (Å²) in [6.45, 7) is 0. The number of halogens is 18. The van der Waals surface area contributed by atoms with Gasteiger partial charge in [0.15, 0.2) is 11.3 Å². The van der Waals surface area contributed by atoms with Gasteiger partial charge in [0, 0.05) is 14.7 Å². The number of aromatic nitrogens is 5. The highest BCUT2D eigenvalue weighted by Gasteiger charge is 2.31. The maximum Gasteiger partial charge on any atom is 0.446 e. The predicted molar refractivity (Wildman–Crippen MR) is 291 cm³/mol. The number of aromatic hydroxyl groups is 2. The first-order chi connectivity index (χ1) is 37.1. The van der Waals surface area contributed by atoms with Gasteiger partial charge in [0.05, 0.1) is 31.5 Å². The number of nitrogen functional groups attached to an aromatic ring is 1. The van der Waals surface area contributed by atoms with Crippen LogP contribution in [0.25, 0.3) is 22.7 Å². The number of carboxylic acid groups (broad SMARTS) is 1. The van der Waals surface area contributed by atoms with Crippen LogP contribution in [0.4, 0.5) is 50.9 Å². The normalized spacial score (nSPS) is 11.1. The third-order valence-electron chi connectivity index (χ3n) is 8.33. The molecule has 0 aliphatic carbocycles. The van der Waals surface area contributed by atoms with Crippen molar-refractivity contribution in [2.75, 3.05) is 11.1 Å². The summed E-state index contributed by atoms with van der Waals surface area (Å²) in [6, 6.07) is 22.0. The number of benzene rings is 3. The number of carbonyl (C=O) groups is 3. The maximum atomic E-state index is 12.4. The number of nitrogens with one attached hydrogen (secondary N) is 1. The summed E-state index contributed by atoms with van der Waals surface area (Å²) in [4.78, 5) is 51.8. The van der Waals surface area contributed by atoms with Gasteiger partial charge in [-0.25, -0.2) is 29.7 Å². The molecule has 5 heterocycles. The van der Waals surface area contributed by atoms with Crippen molar-refractivity contribution in [3.63, 3.8) is 0 Å². The fourth-order valence-corrected chi connectivity index (χ4v) is 8.48. The van der Waals surface area contributed by atoms with Crippen LogP contribution in [0, 0.1) is 0 Å². The zero-order valence-electron chi connectivity index (χ0n) is 38.1. The van der Waals surface area contributed by atoms with Crippen molar-refractivity contribution >= 4 is 179 Å². The van der Waals surface area contributed by atoms with Gasteiger partial charge < -0.3 is 30.8 Å². The Hall–Kier alpha value is -5.23. The second kappa shape index (κ2) is 29.7. The standard InChI is InChI=1S/C13H7Cl2F3N2O2S.C13H5Cl2F3N2OS.C7H6F3NOS.C6H2Cl3NO.C6H3Cl2NO2/c14-7-2-4-10(15)20-11(7)12(22)19-8-5-6(1-3-9(8)21)23-13(16,17)18;14-7-2-4-10(15)20-11(7)12-19-8-5-6(22-13(16,17)18)1-3-9(8)21-12;8-7(9,10)13-4-1-2-6(12)5(11)3-4;7-3-1-2-4(8)10-5(3)6(9)11;7-3-1-2-4(8)9-5(3)6(10)11/h1-5,21H,(H,19,22);1-5H;1-3,12H,11H2;1-2H;1-2H,(H,10,11). The molecular formula is C45H23Cl9F9N7O7S3. The molecule has 8 rings (SSSR count). The smallest absolute Gasteiger partial charge is 0.446 e. The SMILES string of the molecule is FC(F)(F)Sc1ccc2oc(-c3nc(Cl)ccc3Cl)nc2c1.Nc1cc(SC(F)(F)F)ccc1O.O=C(Cl)c1nc(Cl)ccc1Cl.O=C(Nc1cc(SC(F)(F)F)ccc1O)c1nc(Cl)ccc1Cl.O=C(O)c1nc(Cl)ccc1Cl. The molecule has 0 fully saturated rings. The van der Waals surface area contributed by atoms with Crippen LogP contribution in [0.15, 0.2) is 122 Å². The van der Waals surface area contributed by atoms with E-state index in [9.17, 15) is 59.0 Å². The third kappa shape index (κ3) is 22.6. The number of aromatic carboxylic acids is 1. The Bertz CT molecular complexity index is 3480. The molecule has 80 heavy (non-hydrogen) atoms. The minimum Gasteiger partial charge on any atom is -0.506 e. The van der Waals surface area contributed by atoms with Crippen molar-refractivity contribution in [1.82, 2.24) is 24.9 Å². The topological polar surface area (TPSA) is 228 Å². The second-order valence-electron chi connectivity index (χ2n) is 14.1. The molecule has 0 spiro atoms. The lowest BCUT2D eigenvalue weighted by atomic mass is 10.2. The Kier molecular flexibility index (Phi) is 24.9. The quantitative estimate of drug-likeness (QED) is 0.0238. The number of oxazole rings is 1. The van der Waals surface area contributed by atoms with E-state index < -0.39 is 39.4 Å². The first-order valence-corrected chi connectivity index (χ1v) is 26.1. The van der Waals surface area contributed by atoms with Crippen molar-refractivity contribution < 1.29 is 73.6 Å². The van der Waals surface area contributed by atoms with E-state index in [0.29, 0.717) is 5.58 Å².